The van der Waals surface area contributed by atoms with Crippen LogP contribution in [0.2, 0.25) is 0 Å². The van der Waals surface area contributed by atoms with Crippen LogP contribution in [0.15, 0.2) is 12.1 Å². The van der Waals surface area contributed by atoms with Crippen LogP contribution in [-0.4, -0.2) is 170 Å². The lowest BCUT2D eigenvalue weighted by molar-refractivity contribution is 0.0115. The van der Waals surface area contributed by atoms with Crippen LogP contribution >= 0.6 is 0 Å². The number of rotatable bonds is 12. The minimum Gasteiger partial charge on any atom is -0.379 e. The summed E-state index contributed by atoms with van der Waals surface area (Å²) in [6, 6.07) is 5.20. The number of H-pyrrole nitrogens is 1. The number of morpholine rings is 2. The lowest BCUT2D eigenvalue weighted by Crippen LogP contribution is -2.49. The van der Waals surface area contributed by atoms with Crippen LogP contribution in [-0.2, 0) is 24.5 Å². The summed E-state index contributed by atoms with van der Waals surface area (Å²) in [7, 11) is 3.10. The predicted molar refractivity (Wildman–Crippen MR) is 247 cm³/mol. The Hall–Kier alpha value is -4.06. The van der Waals surface area contributed by atoms with E-state index in [0.717, 1.165) is 132 Å². The van der Waals surface area contributed by atoms with E-state index in [1.54, 1.807) is 7.11 Å². The first-order valence-electron chi connectivity index (χ1n) is 24.1. The SMILES string of the molecule is COCC(=O)c1cc(N2CCC(N3CCOCC3)CC2)c2c(C3CCC3)[nH]nc2n1.COCC(=O)c1cc(N2CCC(N3CCOCC3)CC2)c2c(C3CCC3)nn(C(C)(C)C)c2n1. The van der Waals surface area contributed by atoms with Gasteiger partial charge in [-0.2, -0.15) is 10.2 Å². The number of ether oxygens (including phenoxy) is 4. The highest BCUT2D eigenvalue weighted by atomic mass is 16.5. The van der Waals surface area contributed by atoms with Crippen LogP contribution in [0.4, 0.5) is 11.4 Å². The Balaban J connectivity index is 0.000000163. The number of nitrogens with one attached hydrogen (secondary N) is 1. The number of aromatic nitrogens is 6. The Labute approximate surface area is 377 Å². The second-order valence-corrected chi connectivity index (χ2v) is 19.8. The van der Waals surface area contributed by atoms with Gasteiger partial charge in [-0.05, 0) is 84.3 Å². The van der Waals surface area contributed by atoms with Crippen LogP contribution in [0.25, 0.3) is 22.1 Å². The van der Waals surface area contributed by atoms with E-state index in [1.165, 1.54) is 57.0 Å². The molecule has 0 unspecified atom stereocenters. The fraction of sp³-hybridized carbons (Fsp3) is 0.708. The molecule has 4 aromatic rings. The first kappa shape index (κ1) is 45.1. The van der Waals surface area contributed by atoms with Gasteiger partial charge in [-0.15, -0.1) is 0 Å². The van der Waals surface area contributed by atoms with Gasteiger partial charge in [-0.3, -0.25) is 24.5 Å². The average molecular weight is 883 g/mol. The maximum Gasteiger partial charge on any atom is 0.206 e. The summed E-state index contributed by atoms with van der Waals surface area (Å²) in [4.78, 5) is 45.0. The first-order chi connectivity index (χ1) is 31.1. The summed E-state index contributed by atoms with van der Waals surface area (Å²) in [6.07, 6.45) is 11.8. The van der Waals surface area contributed by atoms with Crippen molar-refractivity contribution in [3.63, 3.8) is 0 Å². The Kier molecular flexibility index (Phi) is 14.0. The molecule has 348 valence electrons. The maximum absolute atomic E-state index is 12.9. The van der Waals surface area contributed by atoms with E-state index in [9.17, 15) is 9.59 Å². The Bertz CT molecular complexity index is 2230. The molecule has 6 aliphatic rings. The number of nitrogens with zero attached hydrogens (tertiary/aromatic N) is 9. The quantitative estimate of drug-likeness (QED) is 0.167. The van der Waals surface area contributed by atoms with E-state index in [0.29, 0.717) is 41.0 Å². The third kappa shape index (κ3) is 9.46. The number of fused-ring (bicyclic) bond motifs is 2. The summed E-state index contributed by atoms with van der Waals surface area (Å²) >= 11 is 0. The van der Waals surface area contributed by atoms with Crippen LogP contribution in [0.1, 0.15) is 129 Å². The van der Waals surface area contributed by atoms with Crippen molar-refractivity contribution < 1.29 is 28.5 Å². The highest BCUT2D eigenvalue weighted by Gasteiger charge is 2.35. The Morgan fingerprint density at radius 2 is 1.16 bits per heavy atom. The highest BCUT2D eigenvalue weighted by Crippen LogP contribution is 2.44. The number of Topliss-reactive ketones (excluding diaryl/α,β-unsaturated/α-hetero) is 2. The zero-order valence-electron chi connectivity index (χ0n) is 38.9. The summed E-state index contributed by atoms with van der Waals surface area (Å²) in [5.74, 6) is 0.831. The molecular weight excluding hydrogens is 813 g/mol. The normalized spacial score (nSPS) is 21.5. The zero-order chi connectivity index (χ0) is 44.4. The van der Waals surface area contributed by atoms with Crippen molar-refractivity contribution in [1.82, 2.24) is 39.7 Å². The molecule has 0 atom stereocenters. The highest BCUT2D eigenvalue weighted by molar-refractivity contribution is 6.03. The summed E-state index contributed by atoms with van der Waals surface area (Å²) in [6.45, 7) is 18.0. The molecule has 0 amide bonds. The lowest BCUT2D eigenvalue weighted by atomic mass is 9.82. The molecule has 10 rings (SSSR count). The van der Waals surface area contributed by atoms with E-state index < -0.39 is 0 Å². The number of pyridine rings is 2. The van der Waals surface area contributed by atoms with E-state index >= 15 is 0 Å². The number of anilines is 2. The van der Waals surface area contributed by atoms with E-state index in [4.69, 9.17) is 29.0 Å². The molecule has 16 heteroatoms. The molecule has 2 saturated carbocycles. The second kappa shape index (κ2) is 19.8. The minimum absolute atomic E-state index is 0.0379. The fourth-order valence-corrected chi connectivity index (χ4v) is 10.6. The molecule has 6 fully saturated rings. The molecular formula is C48H70N10O6. The summed E-state index contributed by atoms with van der Waals surface area (Å²) < 4.78 is 23.3. The van der Waals surface area contributed by atoms with E-state index in [2.05, 4.69) is 55.6 Å². The molecule has 0 bridgehead atoms. The van der Waals surface area contributed by atoms with Gasteiger partial charge >= 0.3 is 0 Å². The van der Waals surface area contributed by atoms with Gasteiger partial charge < -0.3 is 28.7 Å². The predicted octanol–water partition coefficient (Wildman–Crippen LogP) is 5.94. The van der Waals surface area contributed by atoms with Crippen molar-refractivity contribution in [2.24, 2.45) is 0 Å². The minimum atomic E-state index is -0.225. The largest absolute Gasteiger partial charge is 0.379 e. The Morgan fingerprint density at radius 3 is 1.61 bits per heavy atom. The first-order valence-corrected chi connectivity index (χ1v) is 24.1. The second-order valence-electron chi connectivity index (χ2n) is 19.8. The molecule has 4 saturated heterocycles. The topological polar surface area (TPSA) is 156 Å². The number of piperidine rings is 2. The van der Waals surface area contributed by atoms with Crippen molar-refractivity contribution in [3.8, 4) is 0 Å². The van der Waals surface area contributed by atoms with Crippen molar-refractivity contribution in [1.29, 1.82) is 0 Å². The number of hydrogen-bond donors (Lipinski definition) is 1. The number of carbonyl (C=O) groups is 2. The van der Waals surface area contributed by atoms with Gasteiger partial charge in [0, 0.05) is 96.2 Å². The van der Waals surface area contributed by atoms with Crippen LogP contribution < -0.4 is 9.80 Å². The Morgan fingerprint density at radius 1 is 0.672 bits per heavy atom. The molecule has 0 radical (unpaired) electrons. The number of carbonyl (C=O) groups excluding carboxylic acids is 2. The molecule has 8 heterocycles. The van der Waals surface area contributed by atoms with Gasteiger partial charge in [-0.1, -0.05) is 12.8 Å². The number of methoxy groups -OCH3 is 2. The number of aromatic amines is 1. The molecule has 16 nitrogen and oxygen atoms in total. The van der Waals surface area contributed by atoms with E-state index in [1.807, 2.05) is 16.8 Å². The van der Waals surface area contributed by atoms with Crippen LogP contribution in [0.5, 0.6) is 0 Å². The van der Waals surface area contributed by atoms with Crippen molar-refractivity contribution in [2.75, 3.05) is 116 Å². The zero-order valence-corrected chi connectivity index (χ0v) is 38.9. The smallest absolute Gasteiger partial charge is 0.206 e. The fourth-order valence-electron chi connectivity index (χ4n) is 10.6. The third-order valence-corrected chi connectivity index (χ3v) is 14.7. The molecule has 0 spiro atoms. The van der Waals surface area contributed by atoms with Crippen molar-refractivity contribution >= 4 is 45.0 Å². The van der Waals surface area contributed by atoms with Gasteiger partial charge in [-0.25, -0.2) is 14.6 Å². The van der Waals surface area contributed by atoms with Gasteiger partial charge in [0.25, 0.3) is 0 Å². The maximum atomic E-state index is 12.9. The van der Waals surface area contributed by atoms with Crippen molar-refractivity contribution in [3.05, 3.63) is 34.9 Å². The van der Waals surface area contributed by atoms with Crippen LogP contribution in [0.3, 0.4) is 0 Å². The van der Waals surface area contributed by atoms with Gasteiger partial charge in [0.2, 0.25) is 11.6 Å². The monoisotopic (exact) mass is 883 g/mol. The van der Waals surface area contributed by atoms with Gasteiger partial charge in [0.05, 0.1) is 59.8 Å². The van der Waals surface area contributed by atoms with Gasteiger partial charge in [0.1, 0.15) is 24.6 Å². The van der Waals surface area contributed by atoms with Crippen molar-refractivity contribution in [2.45, 2.75) is 114 Å². The van der Waals surface area contributed by atoms with E-state index in [-0.39, 0.29) is 30.3 Å². The number of hydrogen-bond acceptors (Lipinski definition) is 14. The summed E-state index contributed by atoms with van der Waals surface area (Å²) in [5, 5.41) is 15.1. The standard InChI is InChI=1S/C26H39N5O3.C22H31N5O3/c1-26(2,3)31-25-23(24(28-31)18-6-5-7-18)21(16-20(27-25)22(32)17-33-4)30-10-8-19(9-11-30)29-12-14-34-15-13-29;1-29-14-19(28)17-13-18(20-21(15-3-2-4-15)24-25-22(20)23-17)27-7-5-16(6-8-27)26-9-11-30-12-10-26/h16,18-19H,5-15,17H2,1-4H3;13,15-16H,2-12,14H2,1H3,(H,23,24,25). The third-order valence-electron chi connectivity index (χ3n) is 14.7. The summed E-state index contributed by atoms with van der Waals surface area (Å²) in [5.41, 5.74) is 6.78. The molecule has 4 aromatic heterocycles. The molecule has 1 N–H and O–H groups in total. The molecule has 0 aromatic carbocycles. The lowest BCUT2D eigenvalue weighted by Gasteiger charge is -2.41. The van der Waals surface area contributed by atoms with Crippen LogP contribution in [0, 0.1) is 0 Å². The average Bonchev–Trinajstić information content (AvgIpc) is 3.88. The number of ketones is 2. The molecule has 4 aliphatic heterocycles. The molecule has 2 aliphatic carbocycles. The van der Waals surface area contributed by atoms with Gasteiger partial charge in [0.15, 0.2) is 11.3 Å². The molecule has 64 heavy (non-hydrogen) atoms.